The zero-order valence-corrected chi connectivity index (χ0v) is 20.3. The normalized spacial score (nSPS) is 17.6. The van der Waals surface area contributed by atoms with Crippen LogP contribution >= 0.6 is 15.9 Å². The molecule has 0 saturated heterocycles. The molecule has 0 bridgehead atoms. The monoisotopic (exact) mass is 491 g/mol. The molecule has 32 heavy (non-hydrogen) atoms. The van der Waals surface area contributed by atoms with E-state index in [-0.39, 0.29) is 12.2 Å². The Morgan fingerprint density at radius 3 is 2.31 bits per heavy atom. The molecule has 1 atom stereocenters. The number of benzene rings is 3. The summed E-state index contributed by atoms with van der Waals surface area (Å²) in [6.45, 7) is 8.14. The zero-order valence-electron chi connectivity index (χ0n) is 18.7. The highest BCUT2D eigenvalue weighted by molar-refractivity contribution is 9.10. The molecule has 164 valence electrons. The third kappa shape index (κ3) is 3.91. The first-order chi connectivity index (χ1) is 15.1. The van der Waals surface area contributed by atoms with Gasteiger partial charge in [0.15, 0.2) is 11.4 Å². The lowest BCUT2D eigenvalue weighted by molar-refractivity contribution is -0.136. The Labute approximate surface area is 197 Å². The van der Waals surface area contributed by atoms with Crippen molar-refractivity contribution in [2.45, 2.75) is 46.3 Å². The SMILES string of the molecule is Cc1ccc(C)c(CN2C(=O)[C@@](O)(CC(=O)c3cc(C)ccc3C)c3cc(Br)ccc32)c1. The smallest absolute Gasteiger partial charge is 0.264 e. The van der Waals surface area contributed by atoms with Crippen LogP contribution in [0.1, 0.15) is 50.2 Å². The second kappa shape index (κ2) is 8.30. The number of hydrogen-bond donors (Lipinski definition) is 1. The van der Waals surface area contributed by atoms with Crippen molar-refractivity contribution in [1.82, 2.24) is 0 Å². The number of ketones is 1. The summed E-state index contributed by atoms with van der Waals surface area (Å²) in [6.07, 6.45) is -0.303. The van der Waals surface area contributed by atoms with E-state index in [2.05, 4.69) is 22.0 Å². The second-order valence-corrected chi connectivity index (χ2v) is 9.68. The average Bonchev–Trinajstić information content (AvgIpc) is 2.93. The Morgan fingerprint density at radius 2 is 1.59 bits per heavy atom. The van der Waals surface area contributed by atoms with Crippen LogP contribution in [-0.2, 0) is 16.9 Å². The van der Waals surface area contributed by atoms with Crippen LogP contribution in [0.4, 0.5) is 5.69 Å². The van der Waals surface area contributed by atoms with Gasteiger partial charge in [-0.1, -0.05) is 57.4 Å². The van der Waals surface area contributed by atoms with E-state index in [0.717, 1.165) is 32.3 Å². The van der Waals surface area contributed by atoms with Crippen LogP contribution in [0.3, 0.4) is 0 Å². The Balaban J connectivity index is 1.75. The van der Waals surface area contributed by atoms with E-state index in [1.54, 1.807) is 11.0 Å². The number of nitrogens with zero attached hydrogens (tertiary/aromatic N) is 1. The Morgan fingerprint density at radius 1 is 0.938 bits per heavy atom. The maximum atomic E-state index is 13.6. The molecule has 4 rings (SSSR count). The standard InChI is InChI=1S/C27H26BrNO3/c1-16-5-7-18(3)20(11-16)15-29-24-10-9-21(28)13-23(24)27(32,26(29)31)14-25(30)22-12-17(2)6-8-19(22)4/h5-13,32H,14-15H2,1-4H3/t27-/m1/s1. The summed E-state index contributed by atoms with van der Waals surface area (Å²) in [7, 11) is 0. The van der Waals surface area contributed by atoms with Crippen molar-refractivity contribution >= 4 is 33.3 Å². The van der Waals surface area contributed by atoms with Gasteiger partial charge in [0, 0.05) is 15.6 Å². The number of carbonyl (C=O) groups is 2. The molecule has 0 fully saturated rings. The fourth-order valence-corrected chi connectivity index (χ4v) is 4.72. The van der Waals surface area contributed by atoms with Crippen molar-refractivity contribution in [1.29, 1.82) is 0 Å². The van der Waals surface area contributed by atoms with Gasteiger partial charge in [0.05, 0.1) is 18.7 Å². The highest BCUT2D eigenvalue weighted by Gasteiger charge is 2.51. The van der Waals surface area contributed by atoms with Crippen molar-refractivity contribution in [3.63, 3.8) is 0 Å². The summed E-state index contributed by atoms with van der Waals surface area (Å²) in [5.74, 6) is -0.716. The van der Waals surface area contributed by atoms with Gasteiger partial charge in [0.2, 0.25) is 0 Å². The minimum absolute atomic E-state index is 0.249. The quantitative estimate of drug-likeness (QED) is 0.466. The maximum Gasteiger partial charge on any atom is 0.264 e. The minimum atomic E-state index is -1.91. The molecule has 1 aliphatic heterocycles. The lowest BCUT2D eigenvalue weighted by Gasteiger charge is -2.24. The van der Waals surface area contributed by atoms with Crippen LogP contribution < -0.4 is 4.90 Å². The van der Waals surface area contributed by atoms with Gasteiger partial charge in [-0.05, 0) is 68.7 Å². The lowest BCUT2D eigenvalue weighted by Crippen LogP contribution is -2.41. The van der Waals surface area contributed by atoms with E-state index >= 15 is 0 Å². The average molecular weight is 492 g/mol. The second-order valence-electron chi connectivity index (χ2n) is 8.76. The number of aryl methyl sites for hydroxylation is 4. The molecule has 0 aliphatic carbocycles. The summed E-state index contributed by atoms with van der Waals surface area (Å²) < 4.78 is 0.746. The zero-order chi connectivity index (χ0) is 23.2. The summed E-state index contributed by atoms with van der Waals surface area (Å²) in [6, 6.07) is 17.2. The van der Waals surface area contributed by atoms with E-state index in [4.69, 9.17) is 0 Å². The van der Waals surface area contributed by atoms with Gasteiger partial charge in [-0.15, -0.1) is 0 Å². The molecule has 5 heteroatoms. The van der Waals surface area contributed by atoms with Crippen LogP contribution in [0.15, 0.2) is 59.1 Å². The van der Waals surface area contributed by atoms with Crippen LogP contribution in [0.2, 0.25) is 0 Å². The van der Waals surface area contributed by atoms with Crippen molar-refractivity contribution < 1.29 is 14.7 Å². The van der Waals surface area contributed by atoms with Crippen molar-refractivity contribution in [3.8, 4) is 0 Å². The highest BCUT2D eigenvalue weighted by atomic mass is 79.9. The molecule has 1 amide bonds. The first-order valence-electron chi connectivity index (χ1n) is 10.6. The van der Waals surface area contributed by atoms with Gasteiger partial charge in [0.25, 0.3) is 5.91 Å². The molecule has 0 spiro atoms. The van der Waals surface area contributed by atoms with Gasteiger partial charge in [0.1, 0.15) is 0 Å². The lowest BCUT2D eigenvalue weighted by atomic mass is 9.87. The molecular weight excluding hydrogens is 466 g/mol. The van der Waals surface area contributed by atoms with E-state index in [1.807, 2.05) is 70.2 Å². The van der Waals surface area contributed by atoms with Crippen LogP contribution in [0.5, 0.6) is 0 Å². The summed E-state index contributed by atoms with van der Waals surface area (Å²) in [4.78, 5) is 28.5. The number of hydrogen-bond acceptors (Lipinski definition) is 3. The van der Waals surface area contributed by atoms with Gasteiger partial charge < -0.3 is 10.0 Å². The molecule has 1 N–H and O–H groups in total. The number of amides is 1. The predicted molar refractivity (Wildman–Crippen MR) is 130 cm³/mol. The van der Waals surface area contributed by atoms with Crippen LogP contribution in [0.25, 0.3) is 0 Å². The number of Topliss-reactive ketones (excluding diaryl/α,β-unsaturated/α-hetero) is 1. The van der Waals surface area contributed by atoms with E-state index in [9.17, 15) is 14.7 Å². The molecular formula is C27H26BrNO3. The predicted octanol–water partition coefficient (Wildman–Crippen LogP) is 5.69. The first-order valence-corrected chi connectivity index (χ1v) is 11.4. The summed E-state index contributed by atoms with van der Waals surface area (Å²) in [5.41, 5.74) is 4.70. The molecule has 0 saturated carbocycles. The molecule has 0 aromatic heterocycles. The summed E-state index contributed by atoms with van der Waals surface area (Å²) >= 11 is 3.45. The number of carbonyl (C=O) groups excluding carboxylic acids is 2. The van der Waals surface area contributed by atoms with Gasteiger partial charge >= 0.3 is 0 Å². The molecule has 3 aromatic carbocycles. The van der Waals surface area contributed by atoms with E-state index in [1.165, 1.54) is 0 Å². The fraction of sp³-hybridized carbons (Fsp3) is 0.259. The first kappa shape index (κ1) is 22.4. The molecule has 1 aliphatic rings. The van der Waals surface area contributed by atoms with Crippen molar-refractivity contribution in [3.05, 3.63) is 98.0 Å². The Kier molecular flexibility index (Phi) is 5.82. The molecule has 1 heterocycles. The van der Waals surface area contributed by atoms with E-state index in [0.29, 0.717) is 23.4 Å². The number of rotatable bonds is 5. The summed E-state index contributed by atoms with van der Waals surface area (Å²) in [5, 5.41) is 11.7. The number of halogens is 1. The van der Waals surface area contributed by atoms with Crippen molar-refractivity contribution in [2.24, 2.45) is 0 Å². The highest BCUT2D eigenvalue weighted by Crippen LogP contribution is 2.45. The Hall–Kier alpha value is -2.76. The van der Waals surface area contributed by atoms with Gasteiger partial charge in [-0.2, -0.15) is 0 Å². The molecule has 3 aromatic rings. The number of aliphatic hydroxyl groups is 1. The molecule has 0 radical (unpaired) electrons. The third-order valence-corrected chi connectivity index (χ3v) is 6.73. The minimum Gasteiger partial charge on any atom is -0.375 e. The Bertz CT molecular complexity index is 1250. The largest absolute Gasteiger partial charge is 0.375 e. The van der Waals surface area contributed by atoms with Crippen LogP contribution in [-0.4, -0.2) is 16.8 Å². The van der Waals surface area contributed by atoms with Crippen LogP contribution in [0, 0.1) is 27.7 Å². The maximum absolute atomic E-state index is 13.6. The number of anilines is 1. The van der Waals surface area contributed by atoms with Crippen molar-refractivity contribution in [2.75, 3.05) is 4.90 Å². The van der Waals surface area contributed by atoms with Gasteiger partial charge in [-0.3, -0.25) is 9.59 Å². The van der Waals surface area contributed by atoms with Gasteiger partial charge in [-0.25, -0.2) is 0 Å². The van der Waals surface area contributed by atoms with E-state index < -0.39 is 11.5 Å². The molecule has 0 unspecified atom stereocenters. The fourth-order valence-electron chi connectivity index (χ4n) is 4.36. The number of fused-ring (bicyclic) bond motifs is 1. The third-order valence-electron chi connectivity index (χ3n) is 6.24. The molecule has 4 nitrogen and oxygen atoms in total. The topological polar surface area (TPSA) is 57.6 Å².